The molecule has 0 aliphatic heterocycles. The first-order valence-corrected chi connectivity index (χ1v) is 8.36. The van der Waals surface area contributed by atoms with Crippen molar-refractivity contribution in [1.82, 2.24) is 4.31 Å². The summed E-state index contributed by atoms with van der Waals surface area (Å²) in [6, 6.07) is 2.85. The third kappa shape index (κ3) is 4.18. The largest absolute Gasteiger partial charge is 0.383 e. The second-order valence-electron chi connectivity index (χ2n) is 4.19. The summed E-state index contributed by atoms with van der Waals surface area (Å²) in [6.45, 7) is 4.24. The Morgan fingerprint density at radius 1 is 1.43 bits per heavy atom. The summed E-state index contributed by atoms with van der Waals surface area (Å²) in [4.78, 5) is -0.0213. The quantitative estimate of drug-likeness (QED) is 0.728. The number of ether oxygens (including phenoxy) is 1. The van der Waals surface area contributed by atoms with Crippen molar-refractivity contribution in [2.24, 2.45) is 5.73 Å². The van der Waals surface area contributed by atoms with Crippen molar-refractivity contribution in [3.8, 4) is 0 Å². The van der Waals surface area contributed by atoms with Crippen molar-refractivity contribution in [2.45, 2.75) is 11.4 Å². The molecule has 2 N–H and O–H groups in total. The Morgan fingerprint density at radius 2 is 2.10 bits per heavy atom. The van der Waals surface area contributed by atoms with Crippen molar-refractivity contribution < 1.29 is 13.2 Å². The van der Waals surface area contributed by atoms with Gasteiger partial charge < -0.3 is 10.5 Å². The van der Waals surface area contributed by atoms with Crippen LogP contribution in [0.5, 0.6) is 0 Å². The summed E-state index contributed by atoms with van der Waals surface area (Å²) in [5, 5.41) is 0.394. The van der Waals surface area contributed by atoms with Crippen LogP contribution in [0.2, 0.25) is 10.0 Å². The lowest BCUT2D eigenvalue weighted by molar-refractivity contribution is 0.182. The topological polar surface area (TPSA) is 72.6 Å². The monoisotopic (exact) mass is 352 g/mol. The maximum Gasteiger partial charge on any atom is 0.244 e. The van der Waals surface area contributed by atoms with E-state index in [1.54, 1.807) is 0 Å². The van der Waals surface area contributed by atoms with Gasteiger partial charge in [-0.1, -0.05) is 29.3 Å². The zero-order chi connectivity index (χ0) is 16.0. The average Bonchev–Trinajstić information content (AvgIpc) is 2.43. The minimum Gasteiger partial charge on any atom is -0.383 e. The lowest BCUT2D eigenvalue weighted by Gasteiger charge is -2.21. The second-order valence-corrected chi connectivity index (χ2v) is 6.88. The Balaban J connectivity index is 3.31. The highest BCUT2D eigenvalue weighted by atomic mass is 35.5. The van der Waals surface area contributed by atoms with E-state index >= 15 is 0 Å². The van der Waals surface area contributed by atoms with Gasteiger partial charge in [0.1, 0.15) is 4.90 Å². The minimum atomic E-state index is -3.78. The Kier molecular flexibility index (Phi) is 7.12. The number of benzene rings is 1. The summed E-state index contributed by atoms with van der Waals surface area (Å²) in [6.07, 6.45) is 1.50. The van der Waals surface area contributed by atoms with Gasteiger partial charge in [0.2, 0.25) is 10.0 Å². The molecular weight excluding hydrogens is 335 g/mol. The maximum atomic E-state index is 12.7. The Labute approximate surface area is 135 Å². The van der Waals surface area contributed by atoms with Crippen LogP contribution in [0.3, 0.4) is 0 Å². The molecule has 0 aliphatic carbocycles. The van der Waals surface area contributed by atoms with Crippen LogP contribution in [0.4, 0.5) is 0 Å². The molecule has 118 valence electrons. The van der Waals surface area contributed by atoms with Gasteiger partial charge in [0, 0.05) is 37.3 Å². The Hall–Kier alpha value is -0.630. The van der Waals surface area contributed by atoms with E-state index < -0.39 is 10.0 Å². The number of methoxy groups -OCH3 is 1. The molecule has 0 heterocycles. The molecule has 0 unspecified atom stereocenters. The van der Waals surface area contributed by atoms with Gasteiger partial charge in [-0.25, -0.2) is 8.42 Å². The average molecular weight is 353 g/mol. The highest BCUT2D eigenvalue weighted by molar-refractivity contribution is 7.89. The van der Waals surface area contributed by atoms with Crippen LogP contribution in [0, 0.1) is 0 Å². The molecule has 0 atom stereocenters. The molecule has 0 aliphatic rings. The Morgan fingerprint density at radius 3 is 2.62 bits per heavy atom. The fourth-order valence-electron chi connectivity index (χ4n) is 1.75. The summed E-state index contributed by atoms with van der Waals surface area (Å²) >= 11 is 12.1. The van der Waals surface area contributed by atoms with E-state index in [2.05, 4.69) is 6.58 Å². The number of rotatable bonds is 8. The van der Waals surface area contributed by atoms with Crippen LogP contribution in [0.25, 0.3) is 0 Å². The standard InChI is InChI=1S/C13H18Cl2N2O3S/c1-3-6-17(7-8-20-2)21(18,19)12-5-4-11(14)10(9-16)13(12)15/h3-5H,1,6-9,16H2,2H3. The Bertz CT molecular complexity index is 606. The molecule has 0 amide bonds. The third-order valence-electron chi connectivity index (χ3n) is 2.85. The van der Waals surface area contributed by atoms with Crippen LogP contribution < -0.4 is 5.73 Å². The molecule has 0 saturated carbocycles. The zero-order valence-corrected chi connectivity index (χ0v) is 14.0. The maximum absolute atomic E-state index is 12.7. The van der Waals surface area contributed by atoms with Gasteiger partial charge in [-0.05, 0) is 12.1 Å². The first-order chi connectivity index (χ1) is 9.89. The normalized spacial score (nSPS) is 11.9. The van der Waals surface area contributed by atoms with Crippen LogP contribution in [0.15, 0.2) is 29.7 Å². The van der Waals surface area contributed by atoms with Crippen molar-refractivity contribution in [3.05, 3.63) is 40.4 Å². The predicted molar refractivity (Wildman–Crippen MR) is 85.2 cm³/mol. The number of hydrogen-bond acceptors (Lipinski definition) is 4. The molecule has 0 saturated heterocycles. The number of sulfonamides is 1. The van der Waals surface area contributed by atoms with E-state index in [0.717, 1.165) is 0 Å². The van der Waals surface area contributed by atoms with E-state index in [1.165, 1.54) is 29.6 Å². The molecule has 0 aromatic heterocycles. The first-order valence-electron chi connectivity index (χ1n) is 6.17. The molecule has 5 nitrogen and oxygen atoms in total. The molecule has 0 spiro atoms. The zero-order valence-electron chi connectivity index (χ0n) is 11.7. The molecule has 0 fully saturated rings. The van der Waals surface area contributed by atoms with Gasteiger partial charge in [0.25, 0.3) is 0 Å². The van der Waals surface area contributed by atoms with E-state index in [9.17, 15) is 8.42 Å². The molecular formula is C13H18Cl2N2O3S. The smallest absolute Gasteiger partial charge is 0.244 e. The third-order valence-corrected chi connectivity index (χ3v) is 5.66. The van der Waals surface area contributed by atoms with E-state index in [-0.39, 0.29) is 36.2 Å². The number of nitrogens with zero attached hydrogens (tertiary/aromatic N) is 1. The first kappa shape index (κ1) is 18.4. The van der Waals surface area contributed by atoms with Crippen LogP contribution >= 0.6 is 23.2 Å². The fourth-order valence-corrected chi connectivity index (χ4v) is 4.05. The molecule has 21 heavy (non-hydrogen) atoms. The molecule has 1 rings (SSSR count). The van der Waals surface area contributed by atoms with Crippen LogP contribution in [-0.4, -0.2) is 39.5 Å². The highest BCUT2D eigenvalue weighted by Crippen LogP contribution is 2.32. The summed E-state index contributed by atoms with van der Waals surface area (Å²) in [5.41, 5.74) is 5.97. The predicted octanol–water partition coefficient (Wildman–Crippen LogP) is 2.28. The molecule has 8 heteroatoms. The summed E-state index contributed by atoms with van der Waals surface area (Å²) < 4.78 is 31.5. The second kappa shape index (κ2) is 8.12. The van der Waals surface area contributed by atoms with Gasteiger partial charge in [-0.3, -0.25) is 0 Å². The van der Waals surface area contributed by atoms with E-state index in [1.807, 2.05) is 0 Å². The summed E-state index contributed by atoms with van der Waals surface area (Å²) in [7, 11) is -2.28. The summed E-state index contributed by atoms with van der Waals surface area (Å²) in [5.74, 6) is 0. The van der Waals surface area contributed by atoms with Crippen molar-refractivity contribution in [3.63, 3.8) is 0 Å². The molecule has 0 radical (unpaired) electrons. The number of halogens is 2. The van der Waals surface area contributed by atoms with Gasteiger partial charge in [-0.2, -0.15) is 4.31 Å². The molecule has 1 aromatic carbocycles. The van der Waals surface area contributed by atoms with Crippen molar-refractivity contribution in [1.29, 1.82) is 0 Å². The van der Waals surface area contributed by atoms with Gasteiger partial charge in [0.15, 0.2) is 0 Å². The van der Waals surface area contributed by atoms with Crippen LogP contribution in [0.1, 0.15) is 5.56 Å². The molecule has 1 aromatic rings. The van der Waals surface area contributed by atoms with E-state index in [0.29, 0.717) is 10.6 Å². The van der Waals surface area contributed by atoms with Crippen LogP contribution in [-0.2, 0) is 21.3 Å². The van der Waals surface area contributed by atoms with Gasteiger partial charge in [0.05, 0.1) is 11.6 Å². The van der Waals surface area contributed by atoms with Crippen molar-refractivity contribution >= 4 is 33.2 Å². The minimum absolute atomic E-state index is 0.0213. The lowest BCUT2D eigenvalue weighted by atomic mass is 10.2. The molecule has 0 bridgehead atoms. The van der Waals surface area contributed by atoms with Crippen molar-refractivity contribution in [2.75, 3.05) is 26.8 Å². The number of hydrogen-bond donors (Lipinski definition) is 1. The number of nitrogens with two attached hydrogens (primary N) is 1. The highest BCUT2D eigenvalue weighted by Gasteiger charge is 2.27. The SMILES string of the molecule is C=CCN(CCOC)S(=O)(=O)c1ccc(Cl)c(CN)c1Cl. The van der Waals surface area contributed by atoms with Gasteiger partial charge >= 0.3 is 0 Å². The fraction of sp³-hybridized carbons (Fsp3) is 0.385. The van der Waals surface area contributed by atoms with Gasteiger partial charge in [-0.15, -0.1) is 6.58 Å². The lowest BCUT2D eigenvalue weighted by Crippen LogP contribution is -2.34. The van der Waals surface area contributed by atoms with E-state index in [4.69, 9.17) is 33.7 Å².